The van der Waals surface area contributed by atoms with E-state index < -0.39 is 40.8 Å². The molecule has 6 bridgehead atoms. The van der Waals surface area contributed by atoms with Crippen LogP contribution in [0.4, 0.5) is 8.78 Å². The lowest BCUT2D eigenvalue weighted by Gasteiger charge is -2.65. The van der Waals surface area contributed by atoms with E-state index in [0.717, 1.165) is 6.42 Å². The Labute approximate surface area is 195 Å². The number of ether oxygens (including phenoxy) is 4. The van der Waals surface area contributed by atoms with Crippen molar-refractivity contribution >= 4 is 17.9 Å². The van der Waals surface area contributed by atoms with Crippen molar-refractivity contribution in [2.45, 2.75) is 93.7 Å². The van der Waals surface area contributed by atoms with Crippen molar-refractivity contribution < 1.29 is 47.2 Å². The van der Waals surface area contributed by atoms with Crippen LogP contribution in [0.1, 0.15) is 58.8 Å². The fraction of sp³-hybridized carbons (Fsp3) is 0.875. The predicted molar refractivity (Wildman–Crippen MR) is 108 cm³/mol. The molecule has 6 saturated carbocycles. The van der Waals surface area contributed by atoms with Crippen molar-refractivity contribution in [3.05, 3.63) is 0 Å². The van der Waals surface area contributed by atoms with Gasteiger partial charge in [-0.05, 0) is 45.4 Å². The smallest absolute Gasteiger partial charge is 0.377 e. The number of carbonyl (C=O) groups is 3. The number of esters is 3. The molecule has 0 radical (unpaired) electrons. The molecule has 1 N–H and O–H groups in total. The summed E-state index contributed by atoms with van der Waals surface area (Å²) in [6.45, 7) is 1.87. The highest BCUT2D eigenvalue weighted by Gasteiger charge is 2.68. The molecule has 1 heterocycles. The van der Waals surface area contributed by atoms with E-state index in [-0.39, 0.29) is 48.3 Å². The SMILES string of the molecule is CC(F)(F)C(=O)OC1(C)C2CC3(O)CC1CC(OCC(=O)OC1C4CC5C(=O)OC1C5C4)(C2)C3. The molecule has 1 aliphatic heterocycles. The van der Waals surface area contributed by atoms with Crippen LogP contribution in [0.3, 0.4) is 0 Å². The Morgan fingerprint density at radius 3 is 2.50 bits per heavy atom. The minimum absolute atomic E-state index is 0.0648. The van der Waals surface area contributed by atoms with Gasteiger partial charge >= 0.3 is 23.8 Å². The van der Waals surface area contributed by atoms with E-state index in [9.17, 15) is 28.3 Å². The second kappa shape index (κ2) is 6.90. The van der Waals surface area contributed by atoms with Crippen molar-refractivity contribution in [3.63, 3.8) is 0 Å². The Balaban J connectivity index is 1.11. The van der Waals surface area contributed by atoms with Crippen molar-refractivity contribution in [1.82, 2.24) is 0 Å². The van der Waals surface area contributed by atoms with Crippen molar-refractivity contribution in [3.8, 4) is 0 Å². The van der Waals surface area contributed by atoms with E-state index in [1.165, 1.54) is 0 Å². The first-order valence-electron chi connectivity index (χ1n) is 12.2. The molecule has 0 spiro atoms. The second-order valence-electron chi connectivity index (χ2n) is 11.9. The summed E-state index contributed by atoms with van der Waals surface area (Å²) in [5, 5.41) is 11.1. The third kappa shape index (κ3) is 3.23. The van der Waals surface area contributed by atoms with Crippen LogP contribution in [0.5, 0.6) is 0 Å². The van der Waals surface area contributed by atoms with E-state index in [4.69, 9.17) is 18.9 Å². The number of aliphatic hydroxyl groups is 1. The molecular formula is C24H30F2O8. The lowest BCUT2D eigenvalue weighted by molar-refractivity contribution is -0.288. The maximum atomic E-state index is 13.5. The average Bonchev–Trinajstić information content (AvgIpc) is 3.34. The molecule has 0 aromatic carbocycles. The molecular weight excluding hydrogens is 454 g/mol. The molecule has 188 valence electrons. The Morgan fingerprint density at radius 1 is 1.18 bits per heavy atom. The van der Waals surface area contributed by atoms with Gasteiger partial charge in [-0.2, -0.15) is 8.78 Å². The molecule has 0 aromatic rings. The molecule has 7 atom stereocenters. The van der Waals surface area contributed by atoms with Crippen molar-refractivity contribution in [2.75, 3.05) is 6.61 Å². The molecule has 34 heavy (non-hydrogen) atoms. The van der Waals surface area contributed by atoms with Crippen LogP contribution >= 0.6 is 0 Å². The fourth-order valence-corrected chi connectivity index (χ4v) is 8.25. The predicted octanol–water partition coefficient (Wildman–Crippen LogP) is 2.15. The van der Waals surface area contributed by atoms with Crippen LogP contribution in [0.15, 0.2) is 0 Å². The minimum atomic E-state index is -3.60. The highest BCUT2D eigenvalue weighted by molar-refractivity contribution is 5.78. The second-order valence-corrected chi connectivity index (χ2v) is 11.9. The lowest BCUT2D eigenvalue weighted by atomic mass is 9.47. The highest BCUT2D eigenvalue weighted by Crippen LogP contribution is 2.64. The maximum Gasteiger partial charge on any atom is 0.377 e. The zero-order valence-electron chi connectivity index (χ0n) is 19.3. The van der Waals surface area contributed by atoms with Crippen LogP contribution in [0.25, 0.3) is 0 Å². The summed E-state index contributed by atoms with van der Waals surface area (Å²) in [6.07, 6.45) is 2.50. The van der Waals surface area contributed by atoms with Crippen LogP contribution in [0.2, 0.25) is 0 Å². The van der Waals surface area contributed by atoms with Gasteiger partial charge in [0.25, 0.3) is 0 Å². The third-order valence-electron chi connectivity index (χ3n) is 9.61. The number of alkyl halides is 2. The summed E-state index contributed by atoms with van der Waals surface area (Å²) in [4.78, 5) is 36.6. The molecule has 7 rings (SSSR count). The number of carbonyl (C=O) groups excluding carboxylic acids is 3. The fourth-order valence-electron chi connectivity index (χ4n) is 8.25. The van der Waals surface area contributed by atoms with Crippen LogP contribution < -0.4 is 0 Å². The van der Waals surface area contributed by atoms with Gasteiger partial charge in [-0.1, -0.05) is 0 Å². The molecule has 7 fully saturated rings. The molecule has 8 nitrogen and oxygen atoms in total. The number of halogens is 2. The molecule has 0 aromatic heterocycles. The summed E-state index contributed by atoms with van der Waals surface area (Å²) in [6, 6.07) is 0. The van der Waals surface area contributed by atoms with Gasteiger partial charge in [0.05, 0.1) is 17.1 Å². The Morgan fingerprint density at radius 2 is 1.85 bits per heavy atom. The van der Waals surface area contributed by atoms with Gasteiger partial charge in [0.1, 0.15) is 24.4 Å². The summed E-state index contributed by atoms with van der Waals surface area (Å²) < 4.78 is 49.7. The van der Waals surface area contributed by atoms with E-state index >= 15 is 0 Å². The van der Waals surface area contributed by atoms with Crippen molar-refractivity contribution in [2.24, 2.45) is 29.6 Å². The standard InChI is InChI=1S/C24H30F2O8/c1-21(34-20(29)22(2,25)26)12-5-23(30)6-13(21)8-24(7-12,10-23)31-9-16(27)32-17-11-3-14-15(4-11)19(28)33-18(14)17/h11-15,17-18,30H,3-10H2,1-2H3. The zero-order chi connectivity index (χ0) is 24.3. The average molecular weight is 484 g/mol. The van der Waals surface area contributed by atoms with E-state index in [2.05, 4.69) is 0 Å². The first-order chi connectivity index (χ1) is 15.8. The quantitative estimate of drug-likeness (QED) is 0.451. The van der Waals surface area contributed by atoms with Gasteiger partial charge in [0, 0.05) is 37.0 Å². The Bertz CT molecular complexity index is 928. The summed E-state index contributed by atoms with van der Waals surface area (Å²) in [5.41, 5.74) is -2.98. The summed E-state index contributed by atoms with van der Waals surface area (Å²) in [7, 11) is 0. The molecule has 7 aliphatic rings. The van der Waals surface area contributed by atoms with Gasteiger partial charge in [0.2, 0.25) is 0 Å². The van der Waals surface area contributed by atoms with Gasteiger partial charge < -0.3 is 24.1 Å². The van der Waals surface area contributed by atoms with Gasteiger partial charge in [-0.15, -0.1) is 0 Å². The minimum Gasteiger partial charge on any atom is -0.458 e. The molecule has 0 amide bonds. The van der Waals surface area contributed by atoms with Crippen molar-refractivity contribution in [1.29, 1.82) is 0 Å². The first-order valence-corrected chi connectivity index (χ1v) is 12.2. The van der Waals surface area contributed by atoms with Gasteiger partial charge in [0.15, 0.2) is 0 Å². The largest absolute Gasteiger partial charge is 0.458 e. The topological polar surface area (TPSA) is 108 Å². The van der Waals surface area contributed by atoms with E-state index in [1.54, 1.807) is 6.92 Å². The summed E-state index contributed by atoms with van der Waals surface area (Å²) in [5.74, 6) is -6.42. The molecule has 10 heteroatoms. The molecule has 7 unspecified atom stereocenters. The Hall–Kier alpha value is -1.81. The zero-order valence-corrected chi connectivity index (χ0v) is 19.3. The molecule has 6 aliphatic carbocycles. The van der Waals surface area contributed by atoms with Crippen LogP contribution in [-0.2, 0) is 33.3 Å². The van der Waals surface area contributed by atoms with Gasteiger partial charge in [-0.25, -0.2) is 9.59 Å². The highest BCUT2D eigenvalue weighted by atomic mass is 19.3. The normalized spacial score (nSPS) is 49.9. The maximum absolute atomic E-state index is 13.5. The first kappa shape index (κ1) is 22.6. The van der Waals surface area contributed by atoms with Crippen LogP contribution in [0, 0.1) is 29.6 Å². The lowest BCUT2D eigenvalue weighted by Crippen LogP contribution is -2.70. The third-order valence-corrected chi connectivity index (χ3v) is 9.61. The Kier molecular flexibility index (Phi) is 4.59. The van der Waals surface area contributed by atoms with Crippen LogP contribution in [-0.4, -0.2) is 64.6 Å². The summed E-state index contributed by atoms with van der Waals surface area (Å²) >= 11 is 0. The monoisotopic (exact) mass is 484 g/mol. The van der Waals surface area contributed by atoms with E-state index in [0.29, 0.717) is 45.4 Å². The number of fused-ring (bicyclic) bond motifs is 1. The van der Waals surface area contributed by atoms with Gasteiger partial charge in [-0.3, -0.25) is 4.79 Å². The number of hydrogen-bond acceptors (Lipinski definition) is 8. The van der Waals surface area contributed by atoms with E-state index in [1.807, 2.05) is 0 Å². The number of rotatable bonds is 6. The number of hydrogen-bond donors (Lipinski definition) is 1. The molecule has 1 saturated heterocycles.